The minimum absolute atomic E-state index is 0.00856. The molecular formula is C17H26N4O4S. The molecule has 0 radical (unpaired) electrons. The van der Waals surface area contributed by atoms with Crippen LogP contribution < -0.4 is 5.56 Å². The third-order valence-electron chi connectivity index (χ3n) is 5.53. The molecule has 0 saturated carbocycles. The summed E-state index contributed by atoms with van der Waals surface area (Å²) in [6.07, 6.45) is 2.79. The molecule has 2 aliphatic rings. The summed E-state index contributed by atoms with van der Waals surface area (Å²) in [5.41, 5.74) is 1.08. The van der Waals surface area contributed by atoms with E-state index in [0.29, 0.717) is 43.2 Å². The number of sulfone groups is 1. The molecule has 3 heterocycles. The van der Waals surface area contributed by atoms with Crippen LogP contribution in [-0.4, -0.2) is 77.4 Å². The Kier molecular flexibility index (Phi) is 5.47. The molecule has 2 saturated heterocycles. The Morgan fingerprint density at radius 1 is 1.15 bits per heavy atom. The van der Waals surface area contributed by atoms with Gasteiger partial charge in [-0.15, -0.1) is 0 Å². The van der Waals surface area contributed by atoms with E-state index in [1.807, 2.05) is 0 Å². The van der Waals surface area contributed by atoms with Crippen molar-refractivity contribution in [2.24, 2.45) is 0 Å². The van der Waals surface area contributed by atoms with Gasteiger partial charge in [-0.25, -0.2) is 13.4 Å². The van der Waals surface area contributed by atoms with Crippen molar-refractivity contribution in [3.63, 3.8) is 0 Å². The van der Waals surface area contributed by atoms with E-state index < -0.39 is 9.84 Å². The van der Waals surface area contributed by atoms with Crippen molar-refractivity contribution in [3.8, 4) is 0 Å². The lowest BCUT2D eigenvalue weighted by Gasteiger charge is -2.40. The zero-order valence-corrected chi connectivity index (χ0v) is 16.2. The van der Waals surface area contributed by atoms with Crippen LogP contribution in [0.25, 0.3) is 0 Å². The number of carbonyl (C=O) groups excluding carboxylic acids is 1. The number of hydrogen-bond acceptors (Lipinski definition) is 6. The lowest BCUT2D eigenvalue weighted by atomic mass is 10.1. The molecule has 8 nitrogen and oxygen atoms in total. The summed E-state index contributed by atoms with van der Waals surface area (Å²) < 4.78 is 24.5. The zero-order valence-electron chi connectivity index (χ0n) is 15.3. The molecule has 0 aliphatic carbocycles. The minimum atomic E-state index is -2.85. The number of carbonyl (C=O) groups is 1. The van der Waals surface area contributed by atoms with Crippen LogP contribution in [0.15, 0.2) is 11.1 Å². The molecular weight excluding hydrogens is 356 g/mol. The maximum absolute atomic E-state index is 12.5. The molecule has 9 heteroatoms. The Labute approximate surface area is 153 Å². The van der Waals surface area contributed by atoms with Crippen LogP contribution in [0.5, 0.6) is 0 Å². The first-order valence-electron chi connectivity index (χ1n) is 9.02. The van der Waals surface area contributed by atoms with Crippen LogP contribution >= 0.6 is 0 Å². The maximum atomic E-state index is 12.5. The number of hydrogen-bond donors (Lipinski definition) is 0. The number of amides is 1. The summed E-state index contributed by atoms with van der Waals surface area (Å²) >= 11 is 0. The minimum Gasteiger partial charge on any atom is -0.339 e. The van der Waals surface area contributed by atoms with Crippen molar-refractivity contribution < 1.29 is 13.2 Å². The highest BCUT2D eigenvalue weighted by Gasteiger charge is 2.31. The molecule has 0 atom stereocenters. The predicted octanol–water partition coefficient (Wildman–Crippen LogP) is -0.418. The van der Waals surface area contributed by atoms with Gasteiger partial charge in [-0.1, -0.05) is 0 Å². The van der Waals surface area contributed by atoms with E-state index in [2.05, 4.69) is 9.88 Å². The van der Waals surface area contributed by atoms with Crippen molar-refractivity contribution in [2.75, 3.05) is 37.7 Å². The first kappa shape index (κ1) is 19.0. The summed E-state index contributed by atoms with van der Waals surface area (Å²) in [6, 6.07) is 0.294. The summed E-state index contributed by atoms with van der Waals surface area (Å²) in [7, 11) is -2.85. The molecule has 0 spiro atoms. The number of aryl methyl sites for hydroxylation is 1. The van der Waals surface area contributed by atoms with Crippen molar-refractivity contribution in [3.05, 3.63) is 27.9 Å². The highest BCUT2D eigenvalue weighted by Crippen LogP contribution is 2.19. The molecule has 1 aromatic rings. The van der Waals surface area contributed by atoms with Gasteiger partial charge in [0, 0.05) is 43.5 Å². The van der Waals surface area contributed by atoms with Crippen molar-refractivity contribution in [2.45, 2.75) is 39.3 Å². The first-order chi connectivity index (χ1) is 12.3. The lowest BCUT2D eigenvalue weighted by Crippen LogP contribution is -2.54. The molecule has 26 heavy (non-hydrogen) atoms. The SMILES string of the molecule is Cc1ncn(CC(=O)N2CCN(C3CCS(=O)(=O)CC3)CC2)c(=O)c1C. The van der Waals surface area contributed by atoms with Crippen LogP contribution in [0.1, 0.15) is 24.1 Å². The largest absolute Gasteiger partial charge is 0.339 e. The molecule has 0 N–H and O–H groups in total. The Bertz CT molecular complexity index is 827. The highest BCUT2D eigenvalue weighted by molar-refractivity contribution is 7.91. The monoisotopic (exact) mass is 382 g/mol. The van der Waals surface area contributed by atoms with Gasteiger partial charge in [0.25, 0.3) is 5.56 Å². The van der Waals surface area contributed by atoms with Gasteiger partial charge in [0.15, 0.2) is 0 Å². The molecule has 0 bridgehead atoms. The fourth-order valence-electron chi connectivity index (χ4n) is 3.61. The first-order valence-corrected chi connectivity index (χ1v) is 10.8. The number of piperazine rings is 1. The van der Waals surface area contributed by atoms with Crippen LogP contribution in [0.2, 0.25) is 0 Å². The van der Waals surface area contributed by atoms with E-state index in [-0.39, 0.29) is 29.5 Å². The van der Waals surface area contributed by atoms with E-state index in [1.165, 1.54) is 10.9 Å². The van der Waals surface area contributed by atoms with Crippen LogP contribution in [0.3, 0.4) is 0 Å². The summed E-state index contributed by atoms with van der Waals surface area (Å²) in [5.74, 6) is 0.446. The molecule has 144 valence electrons. The standard InChI is InChI=1S/C17H26N4O4S/c1-13-14(2)18-12-21(17(13)23)11-16(22)20-7-5-19(6-8-20)15-3-9-26(24,25)10-4-15/h12,15H,3-11H2,1-2H3. The van der Waals surface area contributed by atoms with E-state index in [9.17, 15) is 18.0 Å². The summed E-state index contributed by atoms with van der Waals surface area (Å²) in [5, 5.41) is 0. The van der Waals surface area contributed by atoms with Crippen molar-refractivity contribution >= 4 is 15.7 Å². The molecule has 1 aromatic heterocycles. The molecule has 3 rings (SSSR count). The van der Waals surface area contributed by atoms with Crippen molar-refractivity contribution in [1.29, 1.82) is 0 Å². The van der Waals surface area contributed by atoms with E-state index in [1.54, 1.807) is 18.7 Å². The predicted molar refractivity (Wildman–Crippen MR) is 97.8 cm³/mol. The van der Waals surface area contributed by atoms with Gasteiger partial charge in [-0.05, 0) is 26.7 Å². The van der Waals surface area contributed by atoms with Gasteiger partial charge in [0.05, 0.1) is 17.8 Å². The quantitative estimate of drug-likeness (QED) is 0.705. The Hall–Kier alpha value is -1.74. The molecule has 0 aromatic carbocycles. The second-order valence-corrected chi connectivity index (χ2v) is 9.49. The average Bonchev–Trinajstić information content (AvgIpc) is 2.62. The average molecular weight is 382 g/mol. The lowest BCUT2D eigenvalue weighted by molar-refractivity contribution is -0.134. The number of aromatic nitrogens is 2. The molecule has 2 fully saturated rings. The Balaban J connectivity index is 1.54. The molecule has 2 aliphatic heterocycles. The maximum Gasteiger partial charge on any atom is 0.256 e. The summed E-state index contributed by atoms with van der Waals surface area (Å²) in [4.78, 5) is 33.0. The third kappa shape index (κ3) is 4.15. The highest BCUT2D eigenvalue weighted by atomic mass is 32.2. The molecule has 0 unspecified atom stereocenters. The van der Waals surface area contributed by atoms with E-state index in [0.717, 1.165) is 13.1 Å². The van der Waals surface area contributed by atoms with Crippen LogP contribution in [0.4, 0.5) is 0 Å². The van der Waals surface area contributed by atoms with Crippen LogP contribution in [0, 0.1) is 13.8 Å². The fourth-order valence-corrected chi connectivity index (χ4v) is 5.08. The van der Waals surface area contributed by atoms with Gasteiger partial charge in [0.1, 0.15) is 16.4 Å². The number of nitrogens with zero attached hydrogens (tertiary/aromatic N) is 4. The second-order valence-electron chi connectivity index (χ2n) is 7.19. The topological polar surface area (TPSA) is 92.6 Å². The zero-order chi connectivity index (χ0) is 18.9. The smallest absolute Gasteiger partial charge is 0.256 e. The van der Waals surface area contributed by atoms with E-state index >= 15 is 0 Å². The fraction of sp³-hybridized carbons (Fsp3) is 0.706. The van der Waals surface area contributed by atoms with Crippen molar-refractivity contribution in [1.82, 2.24) is 19.4 Å². The molecule has 1 amide bonds. The van der Waals surface area contributed by atoms with Crippen LogP contribution in [-0.2, 0) is 21.2 Å². The summed E-state index contributed by atoms with van der Waals surface area (Å²) in [6.45, 7) is 6.21. The van der Waals surface area contributed by atoms with Gasteiger partial charge < -0.3 is 4.90 Å². The van der Waals surface area contributed by atoms with Gasteiger partial charge in [0.2, 0.25) is 5.91 Å². The third-order valence-corrected chi connectivity index (χ3v) is 7.24. The van der Waals surface area contributed by atoms with Gasteiger partial charge in [-0.3, -0.25) is 19.1 Å². The second kappa shape index (κ2) is 7.48. The number of rotatable bonds is 3. The Morgan fingerprint density at radius 2 is 1.77 bits per heavy atom. The Morgan fingerprint density at radius 3 is 2.38 bits per heavy atom. The van der Waals surface area contributed by atoms with Gasteiger partial charge in [-0.2, -0.15) is 0 Å². The normalized spacial score (nSPS) is 21.7. The van der Waals surface area contributed by atoms with Gasteiger partial charge >= 0.3 is 0 Å². The van der Waals surface area contributed by atoms with E-state index in [4.69, 9.17) is 0 Å².